The zero-order valence-corrected chi connectivity index (χ0v) is 16.1. The molecule has 0 saturated heterocycles. The molecule has 0 heterocycles. The molecule has 26 heavy (non-hydrogen) atoms. The molecule has 0 aliphatic heterocycles. The molecule has 0 radical (unpaired) electrons. The number of carbonyl (C=O) groups excluding carboxylic acids is 1. The van der Waals surface area contributed by atoms with Crippen molar-refractivity contribution in [2.75, 3.05) is 0 Å². The molecule has 0 spiro atoms. The Balaban J connectivity index is 1.82. The number of hydrogen-bond donors (Lipinski definition) is 2. The van der Waals surface area contributed by atoms with E-state index in [1.54, 1.807) is 12.1 Å². The lowest BCUT2D eigenvalue weighted by atomic mass is 9.72. The second-order valence-corrected chi connectivity index (χ2v) is 7.91. The third kappa shape index (κ3) is 4.51. The average molecular weight is 420 g/mol. The third-order valence-electron chi connectivity index (χ3n) is 5.08. The molecule has 0 bridgehead atoms. The van der Waals surface area contributed by atoms with Crippen molar-refractivity contribution in [1.29, 1.82) is 0 Å². The Morgan fingerprint density at radius 1 is 1.15 bits per heavy atom. The van der Waals surface area contributed by atoms with Gasteiger partial charge in [0.15, 0.2) is 0 Å². The van der Waals surface area contributed by atoms with Crippen LogP contribution in [0.1, 0.15) is 49.1 Å². The fraction of sp³-hybridized carbons (Fsp3) is 0.381. The summed E-state index contributed by atoms with van der Waals surface area (Å²) in [6.07, 6.45) is 4.17. The van der Waals surface area contributed by atoms with E-state index in [0.717, 1.165) is 34.9 Å². The van der Waals surface area contributed by atoms with Crippen LogP contribution >= 0.6 is 15.9 Å². The fourth-order valence-corrected chi connectivity index (χ4v) is 4.15. The van der Waals surface area contributed by atoms with Crippen LogP contribution in [-0.4, -0.2) is 16.6 Å². The van der Waals surface area contributed by atoms with Gasteiger partial charge in [-0.2, -0.15) is 0 Å². The number of carbonyl (C=O) groups is 1. The zero-order valence-electron chi connectivity index (χ0n) is 14.6. The van der Waals surface area contributed by atoms with E-state index < -0.39 is 11.5 Å². The van der Waals surface area contributed by atoms with Gasteiger partial charge in [-0.15, -0.1) is 0 Å². The summed E-state index contributed by atoms with van der Waals surface area (Å²) in [4.78, 5) is 13.0. The number of aliphatic hydroxyl groups is 1. The van der Waals surface area contributed by atoms with Gasteiger partial charge in [-0.3, -0.25) is 4.79 Å². The van der Waals surface area contributed by atoms with Gasteiger partial charge >= 0.3 is 0 Å². The SMILES string of the molecule is O=C(NCc1ccc(F)cc1)C(c1cccc(Br)c1)C1(O)CCCCC1. The first-order chi connectivity index (χ1) is 12.5. The molecule has 3 nitrogen and oxygen atoms in total. The van der Waals surface area contributed by atoms with E-state index in [1.807, 2.05) is 24.3 Å². The van der Waals surface area contributed by atoms with Crippen LogP contribution in [0.25, 0.3) is 0 Å². The van der Waals surface area contributed by atoms with Crippen LogP contribution in [0.4, 0.5) is 4.39 Å². The van der Waals surface area contributed by atoms with E-state index in [4.69, 9.17) is 0 Å². The quantitative estimate of drug-likeness (QED) is 0.738. The first kappa shape index (κ1) is 19.1. The molecule has 1 fully saturated rings. The number of rotatable bonds is 5. The summed E-state index contributed by atoms with van der Waals surface area (Å²) in [7, 11) is 0. The molecule has 1 aliphatic rings. The topological polar surface area (TPSA) is 49.3 Å². The Morgan fingerprint density at radius 3 is 2.50 bits per heavy atom. The van der Waals surface area contributed by atoms with Crippen LogP contribution in [0, 0.1) is 5.82 Å². The van der Waals surface area contributed by atoms with E-state index in [9.17, 15) is 14.3 Å². The highest BCUT2D eigenvalue weighted by Gasteiger charge is 2.43. The van der Waals surface area contributed by atoms with Crippen molar-refractivity contribution in [1.82, 2.24) is 5.32 Å². The molecule has 1 amide bonds. The highest BCUT2D eigenvalue weighted by molar-refractivity contribution is 9.10. The zero-order chi connectivity index (χ0) is 18.6. The third-order valence-corrected chi connectivity index (χ3v) is 5.57. The fourth-order valence-electron chi connectivity index (χ4n) is 3.74. The smallest absolute Gasteiger partial charge is 0.230 e. The molecule has 3 rings (SSSR count). The van der Waals surface area contributed by atoms with Crippen molar-refractivity contribution in [3.8, 4) is 0 Å². The van der Waals surface area contributed by atoms with Crippen molar-refractivity contribution in [3.05, 3.63) is 69.9 Å². The summed E-state index contributed by atoms with van der Waals surface area (Å²) in [5, 5.41) is 14.2. The molecular formula is C21H23BrFNO2. The maximum Gasteiger partial charge on any atom is 0.230 e. The van der Waals surface area contributed by atoms with Crippen molar-refractivity contribution in [2.24, 2.45) is 0 Å². The van der Waals surface area contributed by atoms with E-state index >= 15 is 0 Å². The molecule has 2 aromatic carbocycles. The van der Waals surface area contributed by atoms with Crippen LogP contribution in [-0.2, 0) is 11.3 Å². The number of benzene rings is 2. The minimum Gasteiger partial charge on any atom is -0.389 e. The highest BCUT2D eigenvalue weighted by Crippen LogP contribution is 2.40. The number of hydrogen-bond acceptors (Lipinski definition) is 2. The Hall–Kier alpha value is -1.72. The summed E-state index contributed by atoms with van der Waals surface area (Å²) in [6.45, 7) is 0.305. The second-order valence-electron chi connectivity index (χ2n) is 7.00. The van der Waals surface area contributed by atoms with Crippen molar-refractivity contribution < 1.29 is 14.3 Å². The van der Waals surface area contributed by atoms with E-state index in [1.165, 1.54) is 12.1 Å². The van der Waals surface area contributed by atoms with E-state index in [-0.39, 0.29) is 11.7 Å². The van der Waals surface area contributed by atoms with Crippen molar-refractivity contribution in [3.63, 3.8) is 0 Å². The maximum atomic E-state index is 13.0. The van der Waals surface area contributed by atoms with Crippen LogP contribution in [0.2, 0.25) is 0 Å². The Labute approximate surface area is 161 Å². The molecule has 0 aromatic heterocycles. The molecule has 1 atom stereocenters. The van der Waals surface area contributed by atoms with Gasteiger partial charge in [0.05, 0.1) is 11.5 Å². The van der Waals surface area contributed by atoms with Crippen LogP contribution < -0.4 is 5.32 Å². The number of nitrogens with one attached hydrogen (secondary N) is 1. The Kier molecular flexibility index (Phi) is 6.09. The molecule has 138 valence electrons. The van der Waals surface area contributed by atoms with Gasteiger partial charge in [0, 0.05) is 11.0 Å². The lowest BCUT2D eigenvalue weighted by Gasteiger charge is -2.38. The van der Waals surface area contributed by atoms with Gasteiger partial charge < -0.3 is 10.4 Å². The molecule has 2 N–H and O–H groups in total. The first-order valence-electron chi connectivity index (χ1n) is 8.98. The summed E-state index contributed by atoms with van der Waals surface area (Å²) in [5.41, 5.74) is 0.593. The Bertz CT molecular complexity index is 757. The second kappa shape index (κ2) is 8.31. The van der Waals surface area contributed by atoms with E-state index in [2.05, 4.69) is 21.2 Å². The van der Waals surface area contributed by atoms with E-state index in [0.29, 0.717) is 19.4 Å². The minimum atomic E-state index is -1.04. The lowest BCUT2D eigenvalue weighted by Crippen LogP contribution is -2.46. The highest BCUT2D eigenvalue weighted by atomic mass is 79.9. The monoisotopic (exact) mass is 419 g/mol. The molecular weight excluding hydrogens is 397 g/mol. The van der Waals surface area contributed by atoms with Crippen molar-refractivity contribution >= 4 is 21.8 Å². The maximum absolute atomic E-state index is 13.0. The molecule has 1 saturated carbocycles. The molecule has 1 aliphatic carbocycles. The lowest BCUT2D eigenvalue weighted by molar-refractivity contribution is -0.131. The summed E-state index contributed by atoms with van der Waals surface area (Å²) in [6, 6.07) is 13.6. The van der Waals surface area contributed by atoms with Gasteiger partial charge in [-0.1, -0.05) is 59.5 Å². The normalized spacial score (nSPS) is 17.5. The minimum absolute atomic E-state index is 0.197. The summed E-state index contributed by atoms with van der Waals surface area (Å²) >= 11 is 3.45. The molecule has 2 aromatic rings. The molecule has 1 unspecified atom stereocenters. The number of amides is 1. The summed E-state index contributed by atoms with van der Waals surface area (Å²) in [5.74, 6) is -1.12. The van der Waals surface area contributed by atoms with Crippen LogP contribution in [0.5, 0.6) is 0 Å². The molecule has 5 heteroatoms. The van der Waals surface area contributed by atoms with Crippen LogP contribution in [0.15, 0.2) is 53.0 Å². The van der Waals surface area contributed by atoms with Crippen LogP contribution in [0.3, 0.4) is 0 Å². The average Bonchev–Trinajstić information content (AvgIpc) is 2.62. The van der Waals surface area contributed by atoms with Gasteiger partial charge in [-0.05, 0) is 48.2 Å². The van der Waals surface area contributed by atoms with Gasteiger partial charge in [-0.25, -0.2) is 4.39 Å². The summed E-state index contributed by atoms with van der Waals surface area (Å²) < 4.78 is 13.9. The first-order valence-corrected chi connectivity index (χ1v) is 9.77. The Morgan fingerprint density at radius 2 is 1.85 bits per heavy atom. The van der Waals surface area contributed by atoms with Gasteiger partial charge in [0.2, 0.25) is 5.91 Å². The standard InChI is InChI=1S/C21H23BrFNO2/c22-17-6-4-5-16(13-17)19(21(26)11-2-1-3-12-21)20(25)24-14-15-7-9-18(23)10-8-15/h4-10,13,19,26H,1-3,11-12,14H2,(H,24,25). The van der Waals surface area contributed by atoms with Gasteiger partial charge in [0.25, 0.3) is 0 Å². The van der Waals surface area contributed by atoms with Gasteiger partial charge in [0.1, 0.15) is 5.82 Å². The predicted molar refractivity (Wildman–Crippen MR) is 103 cm³/mol. The predicted octanol–water partition coefficient (Wildman–Crippen LogP) is 4.68. The number of halogens is 2. The van der Waals surface area contributed by atoms with Crippen molar-refractivity contribution in [2.45, 2.75) is 50.2 Å². The largest absolute Gasteiger partial charge is 0.389 e.